The average molecular weight is 312 g/mol. The SMILES string of the molecule is C[C@@H]1CN(C(=O)/C=C/c2ccc(F)c(Cl)c2)C[C@H]1C(=O)O. The Bertz CT molecular complexity index is 603. The fourth-order valence-corrected chi connectivity index (χ4v) is 2.55. The highest BCUT2D eigenvalue weighted by Gasteiger charge is 2.36. The molecule has 21 heavy (non-hydrogen) atoms. The van der Waals surface area contributed by atoms with Crippen LogP contribution in [-0.2, 0) is 9.59 Å². The predicted molar refractivity (Wildman–Crippen MR) is 77.3 cm³/mol. The number of carbonyl (C=O) groups excluding carboxylic acids is 1. The normalized spacial score (nSPS) is 22.0. The molecule has 1 N–H and O–H groups in total. The summed E-state index contributed by atoms with van der Waals surface area (Å²) in [5.41, 5.74) is 0.608. The van der Waals surface area contributed by atoms with Crippen LogP contribution in [0.25, 0.3) is 6.08 Å². The third-order valence-corrected chi connectivity index (χ3v) is 3.89. The first-order valence-corrected chi connectivity index (χ1v) is 6.91. The number of amides is 1. The highest BCUT2D eigenvalue weighted by Crippen LogP contribution is 2.23. The van der Waals surface area contributed by atoms with Gasteiger partial charge in [0.2, 0.25) is 5.91 Å². The van der Waals surface area contributed by atoms with E-state index in [9.17, 15) is 14.0 Å². The molecule has 1 aliphatic rings. The number of likely N-dealkylation sites (tertiary alicyclic amines) is 1. The molecule has 1 aromatic carbocycles. The molecule has 1 heterocycles. The third-order valence-electron chi connectivity index (χ3n) is 3.60. The number of nitrogens with zero attached hydrogens (tertiary/aromatic N) is 1. The van der Waals surface area contributed by atoms with Crippen LogP contribution in [0.4, 0.5) is 4.39 Å². The van der Waals surface area contributed by atoms with Gasteiger partial charge in [0.25, 0.3) is 0 Å². The molecular formula is C15H15ClFNO3. The number of carboxylic acids is 1. The molecule has 0 radical (unpaired) electrons. The highest BCUT2D eigenvalue weighted by molar-refractivity contribution is 6.30. The average Bonchev–Trinajstić information content (AvgIpc) is 2.82. The Labute approximate surface area is 126 Å². The summed E-state index contributed by atoms with van der Waals surface area (Å²) in [6.07, 6.45) is 2.88. The van der Waals surface area contributed by atoms with E-state index >= 15 is 0 Å². The van der Waals surface area contributed by atoms with E-state index in [0.717, 1.165) is 0 Å². The molecular weight excluding hydrogens is 297 g/mol. The van der Waals surface area contributed by atoms with Crippen molar-refractivity contribution in [1.29, 1.82) is 0 Å². The zero-order valence-corrected chi connectivity index (χ0v) is 12.2. The van der Waals surface area contributed by atoms with E-state index in [4.69, 9.17) is 16.7 Å². The topological polar surface area (TPSA) is 57.6 Å². The standard InChI is InChI=1S/C15H15ClFNO3/c1-9-7-18(8-11(9)15(20)21)14(19)5-3-10-2-4-13(17)12(16)6-10/h2-6,9,11H,7-8H2,1H3,(H,20,21)/b5-3+/t9-,11-/m1/s1. The maximum atomic E-state index is 13.0. The zero-order chi connectivity index (χ0) is 15.6. The Morgan fingerprint density at radius 2 is 2.14 bits per heavy atom. The minimum absolute atomic E-state index is 0.00895. The van der Waals surface area contributed by atoms with E-state index in [1.54, 1.807) is 0 Å². The van der Waals surface area contributed by atoms with Gasteiger partial charge in [0.15, 0.2) is 0 Å². The van der Waals surface area contributed by atoms with Crippen molar-refractivity contribution < 1.29 is 19.1 Å². The van der Waals surface area contributed by atoms with Gasteiger partial charge in [0, 0.05) is 19.2 Å². The van der Waals surface area contributed by atoms with Crippen LogP contribution < -0.4 is 0 Å². The van der Waals surface area contributed by atoms with E-state index in [-0.39, 0.29) is 23.4 Å². The molecule has 0 spiro atoms. The smallest absolute Gasteiger partial charge is 0.308 e. The number of hydrogen-bond donors (Lipinski definition) is 1. The molecule has 2 atom stereocenters. The van der Waals surface area contributed by atoms with Gasteiger partial charge in [-0.15, -0.1) is 0 Å². The number of carbonyl (C=O) groups is 2. The first-order valence-electron chi connectivity index (χ1n) is 6.53. The monoisotopic (exact) mass is 311 g/mol. The van der Waals surface area contributed by atoms with Crippen LogP contribution in [0, 0.1) is 17.7 Å². The fraction of sp³-hybridized carbons (Fsp3) is 0.333. The van der Waals surface area contributed by atoms with E-state index in [1.165, 1.54) is 35.3 Å². The summed E-state index contributed by atoms with van der Waals surface area (Å²) in [5, 5.41) is 9.03. The van der Waals surface area contributed by atoms with Crippen LogP contribution in [0.3, 0.4) is 0 Å². The first-order chi connectivity index (χ1) is 9.88. The lowest BCUT2D eigenvalue weighted by molar-refractivity contribution is -0.142. The molecule has 4 nitrogen and oxygen atoms in total. The summed E-state index contributed by atoms with van der Waals surface area (Å²) in [4.78, 5) is 24.6. The molecule has 0 aliphatic carbocycles. The number of hydrogen-bond acceptors (Lipinski definition) is 2. The maximum absolute atomic E-state index is 13.0. The maximum Gasteiger partial charge on any atom is 0.308 e. The van der Waals surface area contributed by atoms with Gasteiger partial charge in [-0.25, -0.2) is 4.39 Å². The van der Waals surface area contributed by atoms with Crippen molar-refractivity contribution in [3.8, 4) is 0 Å². The Hall–Kier alpha value is -1.88. The predicted octanol–water partition coefficient (Wildman–Crippen LogP) is 2.67. The molecule has 1 aromatic rings. The van der Waals surface area contributed by atoms with E-state index in [0.29, 0.717) is 12.1 Å². The molecule has 112 valence electrons. The van der Waals surface area contributed by atoms with Gasteiger partial charge in [-0.2, -0.15) is 0 Å². The number of halogens is 2. The molecule has 1 amide bonds. The molecule has 1 fully saturated rings. The van der Waals surface area contributed by atoms with Gasteiger partial charge >= 0.3 is 5.97 Å². The van der Waals surface area contributed by atoms with E-state index in [2.05, 4.69) is 0 Å². The van der Waals surface area contributed by atoms with E-state index < -0.39 is 17.7 Å². The lowest BCUT2D eigenvalue weighted by Crippen LogP contribution is -2.28. The van der Waals surface area contributed by atoms with Gasteiger partial charge in [-0.3, -0.25) is 9.59 Å². The number of benzene rings is 1. The van der Waals surface area contributed by atoms with Crippen LogP contribution in [0.15, 0.2) is 24.3 Å². The molecule has 0 bridgehead atoms. The summed E-state index contributed by atoms with van der Waals surface area (Å²) in [5.74, 6) is -2.25. The summed E-state index contributed by atoms with van der Waals surface area (Å²) < 4.78 is 13.0. The van der Waals surface area contributed by atoms with Crippen molar-refractivity contribution in [2.75, 3.05) is 13.1 Å². The second kappa shape index (κ2) is 6.26. The molecule has 6 heteroatoms. The number of aliphatic carboxylic acids is 1. The zero-order valence-electron chi connectivity index (χ0n) is 11.4. The van der Waals surface area contributed by atoms with Gasteiger partial charge in [0.1, 0.15) is 5.82 Å². The minimum Gasteiger partial charge on any atom is -0.481 e. The van der Waals surface area contributed by atoms with E-state index in [1.807, 2.05) is 6.92 Å². The Kier molecular flexibility index (Phi) is 4.63. The number of rotatable bonds is 3. The van der Waals surface area contributed by atoms with Crippen LogP contribution in [0.2, 0.25) is 5.02 Å². The van der Waals surface area contributed by atoms with Crippen molar-refractivity contribution in [3.63, 3.8) is 0 Å². The Morgan fingerprint density at radius 3 is 2.71 bits per heavy atom. The van der Waals surface area contributed by atoms with Crippen LogP contribution >= 0.6 is 11.6 Å². The highest BCUT2D eigenvalue weighted by atomic mass is 35.5. The van der Waals surface area contributed by atoms with Crippen LogP contribution in [0.5, 0.6) is 0 Å². The second-order valence-corrected chi connectivity index (χ2v) is 5.58. The quantitative estimate of drug-likeness (QED) is 0.873. The first kappa shape index (κ1) is 15.5. The van der Waals surface area contributed by atoms with Crippen molar-refractivity contribution in [2.24, 2.45) is 11.8 Å². The molecule has 1 saturated heterocycles. The largest absolute Gasteiger partial charge is 0.481 e. The summed E-state index contributed by atoms with van der Waals surface area (Å²) in [6, 6.07) is 4.16. The summed E-state index contributed by atoms with van der Waals surface area (Å²) in [7, 11) is 0. The van der Waals surface area contributed by atoms with Crippen molar-refractivity contribution in [2.45, 2.75) is 6.92 Å². The second-order valence-electron chi connectivity index (χ2n) is 5.17. The van der Waals surface area contributed by atoms with Gasteiger partial charge < -0.3 is 10.0 Å². The Morgan fingerprint density at radius 1 is 1.43 bits per heavy atom. The van der Waals surface area contributed by atoms with Gasteiger partial charge in [-0.05, 0) is 29.7 Å². The minimum atomic E-state index is -0.882. The summed E-state index contributed by atoms with van der Waals surface area (Å²) in [6.45, 7) is 2.45. The molecule has 2 rings (SSSR count). The van der Waals surface area contributed by atoms with Crippen molar-refractivity contribution in [1.82, 2.24) is 4.90 Å². The molecule has 0 aromatic heterocycles. The lowest BCUT2D eigenvalue weighted by Gasteiger charge is -2.12. The van der Waals surface area contributed by atoms with Crippen LogP contribution in [0.1, 0.15) is 12.5 Å². The lowest BCUT2D eigenvalue weighted by atomic mass is 9.99. The third kappa shape index (κ3) is 3.61. The Balaban J connectivity index is 2.03. The van der Waals surface area contributed by atoms with Crippen molar-refractivity contribution in [3.05, 3.63) is 40.7 Å². The summed E-state index contributed by atoms with van der Waals surface area (Å²) >= 11 is 5.66. The van der Waals surface area contributed by atoms with Gasteiger partial charge in [0.05, 0.1) is 10.9 Å². The molecule has 0 unspecified atom stereocenters. The van der Waals surface area contributed by atoms with Crippen LogP contribution in [-0.4, -0.2) is 35.0 Å². The van der Waals surface area contributed by atoms with Gasteiger partial charge in [-0.1, -0.05) is 24.6 Å². The molecule has 0 saturated carbocycles. The molecule has 1 aliphatic heterocycles. The van der Waals surface area contributed by atoms with Crippen molar-refractivity contribution >= 4 is 29.6 Å². The fourth-order valence-electron chi connectivity index (χ4n) is 2.36. The number of carboxylic acid groups (broad SMARTS) is 1.